The number of aryl methyl sites for hydroxylation is 1. The molecule has 128 valence electrons. The lowest BCUT2D eigenvalue weighted by molar-refractivity contribution is -0.115. The molecule has 2 heterocycles. The summed E-state index contributed by atoms with van der Waals surface area (Å²) in [6, 6.07) is 6.35. The van der Waals surface area contributed by atoms with E-state index in [0.29, 0.717) is 22.2 Å². The van der Waals surface area contributed by atoms with Crippen molar-refractivity contribution in [1.29, 1.82) is 0 Å². The van der Waals surface area contributed by atoms with Gasteiger partial charge in [-0.15, -0.1) is 0 Å². The molecule has 4 rings (SSSR count). The Kier molecular flexibility index (Phi) is 3.97. The predicted molar refractivity (Wildman–Crippen MR) is 92.7 cm³/mol. The van der Waals surface area contributed by atoms with Gasteiger partial charge in [0.1, 0.15) is 11.4 Å². The Morgan fingerprint density at radius 3 is 3.16 bits per heavy atom. The van der Waals surface area contributed by atoms with Crippen LogP contribution in [0, 0.1) is 5.82 Å². The van der Waals surface area contributed by atoms with Crippen LogP contribution in [0.15, 0.2) is 41.1 Å². The van der Waals surface area contributed by atoms with Crippen LogP contribution in [0.25, 0.3) is 11.0 Å². The number of halogens is 1. The maximum atomic E-state index is 13.4. The second-order valence-electron chi connectivity index (χ2n) is 6.46. The summed E-state index contributed by atoms with van der Waals surface area (Å²) < 4.78 is 18.8. The van der Waals surface area contributed by atoms with E-state index in [0.717, 1.165) is 30.5 Å². The molecule has 0 bridgehead atoms. The molecule has 0 aliphatic heterocycles. The molecule has 6 heteroatoms. The van der Waals surface area contributed by atoms with Crippen molar-refractivity contribution in [3.05, 3.63) is 59.4 Å². The van der Waals surface area contributed by atoms with E-state index in [1.54, 1.807) is 12.3 Å². The number of amides is 1. The quantitative estimate of drug-likeness (QED) is 0.769. The number of aromatic nitrogens is 1. The number of nitrogens with zero attached hydrogens (tertiary/aromatic N) is 1. The Hall–Kier alpha value is -2.73. The SMILES string of the molecule is NC1CCc2ncc(NC(=O)Cc3coc4ccc(F)cc34)cc2C1. The van der Waals surface area contributed by atoms with Gasteiger partial charge >= 0.3 is 0 Å². The number of benzene rings is 1. The van der Waals surface area contributed by atoms with Crippen molar-refractivity contribution in [2.45, 2.75) is 31.7 Å². The Bertz CT molecular complexity index is 951. The summed E-state index contributed by atoms with van der Waals surface area (Å²) in [6.45, 7) is 0. The van der Waals surface area contributed by atoms with Gasteiger partial charge in [0.15, 0.2) is 0 Å². The number of rotatable bonds is 3. The molecule has 0 fully saturated rings. The largest absolute Gasteiger partial charge is 0.464 e. The molecule has 1 aromatic carbocycles. The third kappa shape index (κ3) is 3.25. The molecule has 1 amide bonds. The molecule has 3 N–H and O–H groups in total. The monoisotopic (exact) mass is 339 g/mol. The minimum Gasteiger partial charge on any atom is -0.464 e. The van der Waals surface area contributed by atoms with Crippen molar-refractivity contribution in [2.75, 3.05) is 5.32 Å². The fourth-order valence-electron chi connectivity index (χ4n) is 3.28. The Labute approximate surface area is 144 Å². The minimum atomic E-state index is -0.356. The normalized spacial score (nSPS) is 16.6. The van der Waals surface area contributed by atoms with Crippen molar-refractivity contribution in [3.8, 4) is 0 Å². The van der Waals surface area contributed by atoms with Gasteiger partial charge in [-0.2, -0.15) is 0 Å². The zero-order chi connectivity index (χ0) is 17.4. The second-order valence-corrected chi connectivity index (χ2v) is 6.46. The molecule has 1 atom stereocenters. The lowest BCUT2D eigenvalue weighted by Gasteiger charge is -2.21. The lowest BCUT2D eigenvalue weighted by Crippen LogP contribution is -2.28. The van der Waals surface area contributed by atoms with Crippen LogP contribution >= 0.6 is 0 Å². The highest BCUT2D eigenvalue weighted by atomic mass is 19.1. The molecule has 5 nitrogen and oxygen atoms in total. The molecule has 1 aliphatic carbocycles. The average molecular weight is 339 g/mol. The van der Waals surface area contributed by atoms with E-state index < -0.39 is 0 Å². The highest BCUT2D eigenvalue weighted by Gasteiger charge is 2.18. The summed E-state index contributed by atoms with van der Waals surface area (Å²) in [5.41, 5.74) is 10.0. The second kappa shape index (κ2) is 6.29. The van der Waals surface area contributed by atoms with E-state index in [-0.39, 0.29) is 24.2 Å². The highest BCUT2D eigenvalue weighted by Crippen LogP contribution is 2.24. The Morgan fingerprint density at radius 1 is 1.40 bits per heavy atom. The van der Waals surface area contributed by atoms with Crippen LogP contribution in [0.1, 0.15) is 23.2 Å². The number of hydrogen-bond acceptors (Lipinski definition) is 4. The van der Waals surface area contributed by atoms with E-state index in [1.807, 2.05) is 6.07 Å². The molecule has 1 unspecified atom stereocenters. The van der Waals surface area contributed by atoms with Gasteiger partial charge in [0.05, 0.1) is 24.6 Å². The van der Waals surface area contributed by atoms with Gasteiger partial charge in [0.2, 0.25) is 5.91 Å². The summed E-state index contributed by atoms with van der Waals surface area (Å²) in [5.74, 6) is -0.556. The number of carbonyl (C=O) groups is 1. The predicted octanol–water partition coefficient (Wildman–Crippen LogP) is 2.96. The number of nitrogens with one attached hydrogen (secondary N) is 1. The van der Waals surface area contributed by atoms with E-state index in [2.05, 4.69) is 10.3 Å². The number of carbonyl (C=O) groups excluding carboxylic acids is 1. The first-order chi connectivity index (χ1) is 12.1. The molecular formula is C19H18FN3O2. The molecule has 0 spiro atoms. The van der Waals surface area contributed by atoms with Gasteiger partial charge < -0.3 is 15.5 Å². The number of furan rings is 1. The fourth-order valence-corrected chi connectivity index (χ4v) is 3.28. The summed E-state index contributed by atoms with van der Waals surface area (Å²) >= 11 is 0. The van der Waals surface area contributed by atoms with Crippen LogP contribution in [-0.2, 0) is 24.1 Å². The molecule has 0 saturated carbocycles. The Balaban J connectivity index is 1.50. The summed E-state index contributed by atoms with van der Waals surface area (Å²) in [7, 11) is 0. The van der Waals surface area contributed by atoms with Gasteiger partial charge in [0.25, 0.3) is 0 Å². The van der Waals surface area contributed by atoms with Crippen LogP contribution < -0.4 is 11.1 Å². The van der Waals surface area contributed by atoms with Crippen LogP contribution in [0.4, 0.5) is 10.1 Å². The van der Waals surface area contributed by atoms with E-state index in [4.69, 9.17) is 10.2 Å². The van der Waals surface area contributed by atoms with E-state index in [1.165, 1.54) is 18.4 Å². The van der Waals surface area contributed by atoms with Crippen molar-refractivity contribution in [2.24, 2.45) is 5.73 Å². The maximum absolute atomic E-state index is 13.4. The third-order valence-electron chi connectivity index (χ3n) is 4.54. The standard InChI is InChI=1S/C19H18FN3O2/c20-13-1-4-18-16(8-13)12(10-25-18)7-19(24)23-15-6-11-5-14(21)2-3-17(11)22-9-15/h1,4,6,8-10,14H,2-3,5,7,21H2,(H,23,24). The first kappa shape index (κ1) is 15.8. The van der Waals surface area contributed by atoms with Crippen LogP contribution in [0.3, 0.4) is 0 Å². The number of nitrogens with two attached hydrogens (primary N) is 1. The van der Waals surface area contributed by atoms with Crippen molar-refractivity contribution >= 4 is 22.6 Å². The molecule has 0 radical (unpaired) electrons. The first-order valence-corrected chi connectivity index (χ1v) is 8.27. The minimum absolute atomic E-state index is 0.104. The number of pyridine rings is 1. The average Bonchev–Trinajstić information content (AvgIpc) is 2.96. The Morgan fingerprint density at radius 2 is 2.28 bits per heavy atom. The van der Waals surface area contributed by atoms with Crippen molar-refractivity contribution in [3.63, 3.8) is 0 Å². The van der Waals surface area contributed by atoms with Gasteiger partial charge in [-0.05, 0) is 49.1 Å². The van der Waals surface area contributed by atoms with E-state index >= 15 is 0 Å². The van der Waals surface area contributed by atoms with Gasteiger partial charge in [-0.3, -0.25) is 9.78 Å². The molecule has 25 heavy (non-hydrogen) atoms. The van der Waals surface area contributed by atoms with Crippen molar-refractivity contribution < 1.29 is 13.6 Å². The smallest absolute Gasteiger partial charge is 0.228 e. The van der Waals surface area contributed by atoms with E-state index in [9.17, 15) is 9.18 Å². The molecule has 0 saturated heterocycles. The number of fused-ring (bicyclic) bond motifs is 2. The summed E-state index contributed by atoms with van der Waals surface area (Å²) in [5, 5.41) is 3.46. The van der Waals surface area contributed by atoms with Crippen LogP contribution in [-0.4, -0.2) is 16.9 Å². The summed E-state index contributed by atoms with van der Waals surface area (Å²) in [6.07, 6.45) is 5.85. The highest BCUT2D eigenvalue weighted by molar-refractivity contribution is 5.95. The topological polar surface area (TPSA) is 81.1 Å². The van der Waals surface area contributed by atoms with Gasteiger partial charge in [-0.1, -0.05) is 0 Å². The number of anilines is 1. The molecular weight excluding hydrogens is 321 g/mol. The fraction of sp³-hybridized carbons (Fsp3) is 0.263. The van der Waals surface area contributed by atoms with Crippen LogP contribution in [0.2, 0.25) is 0 Å². The maximum Gasteiger partial charge on any atom is 0.228 e. The van der Waals surface area contributed by atoms with Gasteiger partial charge in [-0.25, -0.2) is 4.39 Å². The number of hydrogen-bond donors (Lipinski definition) is 2. The first-order valence-electron chi connectivity index (χ1n) is 8.27. The molecule has 2 aromatic heterocycles. The third-order valence-corrected chi connectivity index (χ3v) is 4.54. The zero-order valence-electron chi connectivity index (χ0n) is 13.6. The van der Waals surface area contributed by atoms with Gasteiger partial charge in [0, 0.05) is 22.7 Å². The van der Waals surface area contributed by atoms with Crippen molar-refractivity contribution in [1.82, 2.24) is 4.98 Å². The zero-order valence-corrected chi connectivity index (χ0v) is 13.6. The molecule has 1 aliphatic rings. The molecule has 3 aromatic rings. The summed E-state index contributed by atoms with van der Waals surface area (Å²) in [4.78, 5) is 16.8. The van der Waals surface area contributed by atoms with Crippen LogP contribution in [0.5, 0.6) is 0 Å². The lowest BCUT2D eigenvalue weighted by atomic mass is 9.92.